The van der Waals surface area contributed by atoms with Gasteiger partial charge in [-0.15, -0.1) is 0 Å². The van der Waals surface area contributed by atoms with Crippen molar-refractivity contribution in [2.24, 2.45) is 5.10 Å². The van der Waals surface area contributed by atoms with Crippen LogP contribution in [0.4, 0.5) is 5.69 Å². The lowest BCUT2D eigenvalue weighted by Crippen LogP contribution is -2.23. The van der Waals surface area contributed by atoms with E-state index in [0.717, 1.165) is 10.9 Å². The predicted molar refractivity (Wildman–Crippen MR) is 151 cm³/mol. The highest BCUT2D eigenvalue weighted by molar-refractivity contribution is 9.10. The van der Waals surface area contributed by atoms with Crippen LogP contribution < -0.4 is 15.0 Å². The zero-order valence-electron chi connectivity index (χ0n) is 20.9. The van der Waals surface area contributed by atoms with E-state index in [4.69, 9.17) is 21.1 Å². The van der Waals surface area contributed by atoms with Crippen molar-refractivity contribution < 1.29 is 14.4 Å². The molecule has 11 heteroatoms. The Kier molecular flexibility index (Phi) is 8.43. The quantitative estimate of drug-likeness (QED) is 0.120. The molecular weight excluding hydrogens is 576 g/mol. The smallest absolute Gasteiger partial charge is 0.315 e. The monoisotopic (exact) mass is 598 g/mol. The summed E-state index contributed by atoms with van der Waals surface area (Å²) in [6.45, 7) is 3.96. The number of benzene rings is 3. The van der Waals surface area contributed by atoms with E-state index in [2.05, 4.69) is 26.0 Å². The molecule has 1 atom stereocenters. The van der Waals surface area contributed by atoms with Crippen molar-refractivity contribution in [1.82, 2.24) is 9.66 Å². The predicted octanol–water partition coefficient (Wildman–Crippen LogP) is 6.70. The van der Waals surface area contributed by atoms with Crippen molar-refractivity contribution in [3.05, 3.63) is 102 Å². The molecule has 0 amide bonds. The highest BCUT2D eigenvalue weighted by Gasteiger charge is 2.23. The minimum Gasteiger partial charge on any atom is -0.493 e. The number of methoxy groups -OCH3 is 1. The van der Waals surface area contributed by atoms with Gasteiger partial charge in [0.25, 0.3) is 5.56 Å². The molecule has 0 saturated heterocycles. The molecule has 4 rings (SSSR count). The number of rotatable bonds is 9. The maximum absolute atomic E-state index is 13.4. The first-order valence-corrected chi connectivity index (χ1v) is 12.9. The summed E-state index contributed by atoms with van der Waals surface area (Å²) in [6, 6.07) is 15.2. The summed E-state index contributed by atoms with van der Waals surface area (Å²) in [5.74, 6) is 0.536. The largest absolute Gasteiger partial charge is 0.493 e. The first kappa shape index (κ1) is 27.3. The van der Waals surface area contributed by atoms with Crippen LogP contribution in [-0.4, -0.2) is 27.9 Å². The first-order chi connectivity index (χ1) is 18.2. The number of fused-ring (bicyclic) bond motifs is 1. The third-order valence-electron chi connectivity index (χ3n) is 6.01. The van der Waals surface area contributed by atoms with Crippen LogP contribution in [0.1, 0.15) is 43.1 Å². The van der Waals surface area contributed by atoms with Crippen LogP contribution >= 0.6 is 27.5 Å². The van der Waals surface area contributed by atoms with Crippen LogP contribution in [0.3, 0.4) is 0 Å². The second kappa shape index (κ2) is 11.7. The van der Waals surface area contributed by atoms with Crippen LogP contribution in [0.2, 0.25) is 5.02 Å². The van der Waals surface area contributed by atoms with Crippen molar-refractivity contribution in [2.75, 3.05) is 7.11 Å². The summed E-state index contributed by atoms with van der Waals surface area (Å²) >= 11 is 9.59. The van der Waals surface area contributed by atoms with Gasteiger partial charge in [0.1, 0.15) is 12.4 Å². The maximum atomic E-state index is 13.4. The highest BCUT2D eigenvalue weighted by Crippen LogP contribution is 2.39. The molecule has 0 fully saturated rings. The number of hydrogen-bond acceptors (Lipinski definition) is 7. The zero-order chi connectivity index (χ0) is 27.4. The topological polar surface area (TPSA) is 109 Å². The van der Waals surface area contributed by atoms with E-state index in [1.165, 1.54) is 24.1 Å². The number of aromatic nitrogens is 2. The second-order valence-electron chi connectivity index (χ2n) is 8.51. The SMILES string of the molecule is CC[C@@H](C)c1nc2ccc(Br)cc2c(=O)n1N=Cc1cc(OC)c(OCc2ccccc2Cl)c([N+](=O)[O-])c1. The van der Waals surface area contributed by atoms with Gasteiger partial charge in [-0.3, -0.25) is 14.9 Å². The molecule has 196 valence electrons. The third-order valence-corrected chi connectivity index (χ3v) is 6.87. The second-order valence-corrected chi connectivity index (χ2v) is 9.83. The molecule has 0 spiro atoms. The van der Waals surface area contributed by atoms with E-state index < -0.39 is 4.92 Å². The lowest BCUT2D eigenvalue weighted by molar-refractivity contribution is -0.386. The normalized spacial score (nSPS) is 12.1. The van der Waals surface area contributed by atoms with Gasteiger partial charge < -0.3 is 9.47 Å². The minimum atomic E-state index is -0.562. The summed E-state index contributed by atoms with van der Waals surface area (Å²) in [5.41, 5.74) is 0.924. The molecule has 4 aromatic rings. The van der Waals surface area contributed by atoms with Gasteiger partial charge in [0.2, 0.25) is 5.75 Å². The number of ether oxygens (including phenoxy) is 2. The molecule has 0 saturated carbocycles. The van der Waals surface area contributed by atoms with Crippen LogP contribution in [0, 0.1) is 10.1 Å². The molecule has 0 unspecified atom stereocenters. The van der Waals surface area contributed by atoms with Gasteiger partial charge in [-0.25, -0.2) is 4.98 Å². The summed E-state index contributed by atoms with van der Waals surface area (Å²) in [6.07, 6.45) is 2.10. The Balaban J connectivity index is 1.78. The number of nitrogens with zero attached hydrogens (tertiary/aromatic N) is 4. The van der Waals surface area contributed by atoms with Gasteiger partial charge in [0, 0.05) is 32.6 Å². The average Bonchev–Trinajstić information content (AvgIpc) is 2.91. The summed E-state index contributed by atoms with van der Waals surface area (Å²) in [4.78, 5) is 29.4. The van der Waals surface area contributed by atoms with Crippen molar-refractivity contribution in [3.8, 4) is 11.5 Å². The summed E-state index contributed by atoms with van der Waals surface area (Å²) in [7, 11) is 1.39. The molecule has 1 heterocycles. The summed E-state index contributed by atoms with van der Waals surface area (Å²) in [5, 5.41) is 17.2. The fourth-order valence-electron chi connectivity index (χ4n) is 3.78. The van der Waals surface area contributed by atoms with Gasteiger partial charge in [-0.1, -0.05) is 59.6 Å². The van der Waals surface area contributed by atoms with Gasteiger partial charge in [0.05, 0.1) is 29.2 Å². The molecular formula is C27H24BrClN4O5. The molecule has 0 aliphatic carbocycles. The molecule has 0 radical (unpaired) electrons. The van der Waals surface area contributed by atoms with Crippen molar-refractivity contribution in [1.29, 1.82) is 0 Å². The lowest BCUT2D eigenvalue weighted by Gasteiger charge is -2.14. The van der Waals surface area contributed by atoms with E-state index >= 15 is 0 Å². The fraction of sp³-hybridized carbons (Fsp3) is 0.222. The Labute approximate surface area is 232 Å². The zero-order valence-corrected chi connectivity index (χ0v) is 23.2. The van der Waals surface area contributed by atoms with Gasteiger partial charge in [-0.05, 0) is 36.8 Å². The molecule has 0 aliphatic heterocycles. The standard InChI is InChI=1S/C27H24BrClN4O5/c1-4-16(2)26-31-22-10-9-19(28)13-20(22)27(34)32(26)30-14-17-11-23(33(35)36)25(24(12-17)37-3)38-15-18-7-5-6-8-21(18)29/h5-14,16H,4,15H2,1-3H3/t16-/m1/s1. The van der Waals surface area contributed by atoms with Crippen LogP contribution in [0.15, 0.2) is 69.0 Å². The van der Waals surface area contributed by atoms with Crippen molar-refractivity contribution in [2.45, 2.75) is 32.8 Å². The molecule has 9 nitrogen and oxygen atoms in total. The van der Waals surface area contributed by atoms with E-state index in [9.17, 15) is 14.9 Å². The Hall–Kier alpha value is -3.76. The Bertz CT molecular complexity index is 1600. The Morgan fingerprint density at radius 2 is 2.00 bits per heavy atom. The van der Waals surface area contributed by atoms with Crippen molar-refractivity contribution in [3.63, 3.8) is 0 Å². The number of hydrogen-bond donors (Lipinski definition) is 0. The molecule has 0 bridgehead atoms. The molecule has 1 aromatic heterocycles. The number of nitro benzene ring substituents is 1. The molecule has 38 heavy (non-hydrogen) atoms. The van der Waals surface area contributed by atoms with E-state index in [0.29, 0.717) is 32.9 Å². The van der Waals surface area contributed by atoms with Gasteiger partial charge >= 0.3 is 5.69 Å². The number of nitro groups is 1. The summed E-state index contributed by atoms with van der Waals surface area (Å²) < 4.78 is 13.2. The maximum Gasteiger partial charge on any atom is 0.315 e. The minimum absolute atomic E-state index is 0.0102. The molecule has 0 N–H and O–H groups in total. The van der Waals surface area contributed by atoms with Crippen LogP contribution in [0.5, 0.6) is 11.5 Å². The van der Waals surface area contributed by atoms with Crippen molar-refractivity contribution >= 4 is 50.3 Å². The van der Waals surface area contributed by atoms with Crippen LogP contribution in [0.25, 0.3) is 10.9 Å². The Morgan fingerprint density at radius 3 is 2.68 bits per heavy atom. The van der Waals surface area contributed by atoms with Gasteiger partial charge in [-0.2, -0.15) is 9.78 Å². The van der Waals surface area contributed by atoms with Crippen LogP contribution in [-0.2, 0) is 6.61 Å². The molecule has 3 aromatic carbocycles. The van der Waals surface area contributed by atoms with E-state index in [1.807, 2.05) is 19.9 Å². The van der Waals surface area contributed by atoms with Gasteiger partial charge in [0.15, 0.2) is 5.75 Å². The highest BCUT2D eigenvalue weighted by atomic mass is 79.9. The fourth-order valence-corrected chi connectivity index (χ4v) is 4.34. The van der Waals surface area contributed by atoms with E-state index in [-0.39, 0.29) is 35.3 Å². The lowest BCUT2D eigenvalue weighted by atomic mass is 10.1. The third kappa shape index (κ3) is 5.71. The first-order valence-electron chi connectivity index (χ1n) is 11.7. The number of halogens is 2. The molecule has 0 aliphatic rings. The Morgan fingerprint density at radius 1 is 1.24 bits per heavy atom. The van der Waals surface area contributed by atoms with E-state index in [1.54, 1.807) is 42.5 Å². The average molecular weight is 600 g/mol.